The van der Waals surface area contributed by atoms with Crippen molar-refractivity contribution >= 4 is 35.6 Å². The summed E-state index contributed by atoms with van der Waals surface area (Å²) in [7, 11) is 0. The Morgan fingerprint density at radius 1 is 0.567 bits per heavy atom. The maximum absolute atomic E-state index is 12.5. The molecule has 1 rings (SSSR count). The third-order valence-corrected chi connectivity index (χ3v) is 5.01. The minimum atomic E-state index is -1.26. The van der Waals surface area contributed by atoms with Crippen molar-refractivity contribution in [3.63, 3.8) is 0 Å². The largest absolute Gasteiger partial charge is 0.480 e. The van der Waals surface area contributed by atoms with E-state index in [1.807, 2.05) is 0 Å². The molecule has 0 bridgehead atoms. The number of amides is 3. The highest BCUT2D eigenvalue weighted by Gasteiger charge is 2.40. The van der Waals surface area contributed by atoms with Crippen LogP contribution in [0.25, 0.3) is 0 Å². The van der Waals surface area contributed by atoms with Crippen LogP contribution in [0, 0.1) is 17.8 Å². The van der Waals surface area contributed by atoms with Gasteiger partial charge in [0.1, 0.15) is 18.1 Å². The summed E-state index contributed by atoms with van der Waals surface area (Å²) in [6, 6.07) is -3.55. The minimum Gasteiger partial charge on any atom is -0.480 e. The van der Waals surface area contributed by atoms with Crippen LogP contribution in [0.15, 0.2) is 0 Å². The molecule has 1 fully saturated rings. The molecule has 6 N–H and O–H groups in total. The number of hydrogen-bond donors (Lipinski definition) is 6. The summed E-state index contributed by atoms with van der Waals surface area (Å²) < 4.78 is 0. The Bertz CT molecular complexity index is 623. The topological polar surface area (TPSA) is 199 Å². The maximum Gasteiger partial charge on any atom is 0.325 e. The number of nitrogens with one attached hydrogen (secondary N) is 3. The number of hydrogen-bond acceptors (Lipinski definition) is 6. The molecule has 1 saturated carbocycles. The molecular formula is C18H27N3O9. The molecule has 1 aliphatic carbocycles. The van der Waals surface area contributed by atoms with E-state index in [1.54, 1.807) is 0 Å². The molecule has 0 aromatic rings. The quantitative estimate of drug-likeness (QED) is 0.260. The van der Waals surface area contributed by atoms with Crippen LogP contribution in [0.3, 0.4) is 0 Å². The van der Waals surface area contributed by atoms with Gasteiger partial charge >= 0.3 is 17.9 Å². The number of carboxylic acid groups (broad SMARTS) is 3. The Morgan fingerprint density at radius 2 is 0.767 bits per heavy atom. The lowest BCUT2D eigenvalue weighted by atomic mass is 9.73. The third kappa shape index (κ3) is 7.01. The fourth-order valence-corrected chi connectivity index (χ4v) is 3.14. The third-order valence-electron chi connectivity index (χ3n) is 5.01. The molecule has 30 heavy (non-hydrogen) atoms. The van der Waals surface area contributed by atoms with Crippen LogP contribution in [-0.2, 0) is 28.8 Å². The van der Waals surface area contributed by atoms with E-state index >= 15 is 0 Å². The summed E-state index contributed by atoms with van der Waals surface area (Å²) in [5, 5.41) is 33.8. The molecule has 1 aliphatic rings. The van der Waals surface area contributed by atoms with Gasteiger partial charge in [-0.2, -0.15) is 0 Å². The highest BCUT2D eigenvalue weighted by atomic mass is 16.4. The SMILES string of the molecule is C[C@H](NC(=O)C1CC(C(=O)N[C@@H](C)C(=O)O)CC(C(=O)N[C@@H](C)C(=O)O)C1)C(=O)O. The molecule has 168 valence electrons. The van der Waals surface area contributed by atoms with E-state index in [9.17, 15) is 28.8 Å². The van der Waals surface area contributed by atoms with Gasteiger partial charge in [0.05, 0.1) is 0 Å². The van der Waals surface area contributed by atoms with Crippen molar-refractivity contribution in [2.24, 2.45) is 17.8 Å². The van der Waals surface area contributed by atoms with E-state index in [0.29, 0.717) is 0 Å². The molecule has 12 nitrogen and oxygen atoms in total. The van der Waals surface area contributed by atoms with Crippen LogP contribution in [0.4, 0.5) is 0 Å². The molecule has 12 heteroatoms. The summed E-state index contributed by atoms with van der Waals surface area (Å²) in [5.41, 5.74) is 0. The van der Waals surface area contributed by atoms with E-state index < -0.39 is 71.5 Å². The minimum absolute atomic E-state index is 0.00535. The van der Waals surface area contributed by atoms with Crippen molar-refractivity contribution in [1.82, 2.24) is 16.0 Å². The monoisotopic (exact) mass is 429 g/mol. The average Bonchev–Trinajstić information content (AvgIpc) is 2.66. The number of carboxylic acids is 3. The lowest BCUT2D eigenvalue weighted by molar-refractivity contribution is -0.145. The molecule has 0 aromatic heterocycles. The van der Waals surface area contributed by atoms with Crippen molar-refractivity contribution < 1.29 is 44.1 Å². The van der Waals surface area contributed by atoms with Gasteiger partial charge < -0.3 is 31.3 Å². The summed E-state index contributed by atoms with van der Waals surface area (Å²) >= 11 is 0. The van der Waals surface area contributed by atoms with E-state index in [4.69, 9.17) is 15.3 Å². The molecule has 3 amide bonds. The smallest absolute Gasteiger partial charge is 0.325 e. The van der Waals surface area contributed by atoms with Gasteiger partial charge in [-0.05, 0) is 40.0 Å². The zero-order chi connectivity index (χ0) is 23.2. The predicted octanol–water partition coefficient (Wildman–Crippen LogP) is -1.21. The zero-order valence-electron chi connectivity index (χ0n) is 16.9. The first-order valence-corrected chi connectivity index (χ1v) is 9.43. The first-order valence-electron chi connectivity index (χ1n) is 9.43. The molecule has 3 atom stereocenters. The number of carbonyl (C=O) groups excluding carboxylic acids is 3. The lowest BCUT2D eigenvalue weighted by Gasteiger charge is -2.33. The highest BCUT2D eigenvalue weighted by molar-refractivity contribution is 5.90. The lowest BCUT2D eigenvalue weighted by Crippen LogP contribution is -2.50. The summed E-state index contributed by atoms with van der Waals surface area (Å²) in [6.45, 7) is 3.79. The maximum atomic E-state index is 12.5. The number of aliphatic carboxylic acids is 3. The second kappa shape index (κ2) is 10.6. The molecule has 0 spiro atoms. The van der Waals surface area contributed by atoms with Gasteiger partial charge in [-0.15, -0.1) is 0 Å². The van der Waals surface area contributed by atoms with Gasteiger partial charge in [0, 0.05) is 17.8 Å². The first-order chi connectivity index (χ1) is 13.8. The van der Waals surface area contributed by atoms with Crippen LogP contribution >= 0.6 is 0 Å². The van der Waals surface area contributed by atoms with Crippen molar-refractivity contribution in [1.29, 1.82) is 0 Å². The molecule has 0 aromatic carbocycles. The van der Waals surface area contributed by atoms with Gasteiger partial charge in [-0.1, -0.05) is 0 Å². The first kappa shape index (κ1) is 24.9. The number of carbonyl (C=O) groups is 6. The molecular weight excluding hydrogens is 402 g/mol. The highest BCUT2D eigenvalue weighted by Crippen LogP contribution is 2.34. The Kier molecular flexibility index (Phi) is 8.75. The Morgan fingerprint density at radius 3 is 0.933 bits per heavy atom. The normalized spacial score (nSPS) is 23.9. The summed E-state index contributed by atoms with van der Waals surface area (Å²) in [5.74, 6) is -8.38. The van der Waals surface area contributed by atoms with Crippen molar-refractivity contribution in [2.75, 3.05) is 0 Å². The fraction of sp³-hybridized carbons (Fsp3) is 0.667. The zero-order valence-corrected chi connectivity index (χ0v) is 16.9. The van der Waals surface area contributed by atoms with Crippen LogP contribution in [-0.4, -0.2) is 69.1 Å². The standard InChI is InChI=1S/C18H27N3O9/c1-7(16(25)26)19-13(22)10-4-11(14(23)20-8(2)17(27)28)6-12(5-10)15(24)21-9(3)18(29)30/h7-12H,4-6H2,1-3H3,(H,19,22)(H,20,23)(H,21,24)(H,25,26)(H,27,28)(H,29,30)/t7-,8-,9-,10?,11?,12?/m0/s1. The molecule has 0 heterocycles. The Balaban J connectivity index is 3.00. The van der Waals surface area contributed by atoms with Gasteiger partial charge in [0.2, 0.25) is 17.7 Å². The van der Waals surface area contributed by atoms with Crippen molar-refractivity contribution in [3.05, 3.63) is 0 Å². The van der Waals surface area contributed by atoms with Crippen molar-refractivity contribution in [2.45, 2.75) is 58.2 Å². The number of rotatable bonds is 9. The van der Waals surface area contributed by atoms with Crippen molar-refractivity contribution in [3.8, 4) is 0 Å². The Labute approximate surface area is 172 Å². The Hall–Kier alpha value is -3.18. The second-order valence-corrected chi connectivity index (χ2v) is 7.50. The van der Waals surface area contributed by atoms with Gasteiger partial charge in [-0.25, -0.2) is 0 Å². The summed E-state index contributed by atoms with van der Waals surface area (Å²) in [6.07, 6.45) is -0.0160. The van der Waals surface area contributed by atoms with E-state index in [0.717, 1.165) is 0 Å². The molecule has 0 radical (unpaired) electrons. The molecule has 0 unspecified atom stereocenters. The molecule has 0 aliphatic heterocycles. The van der Waals surface area contributed by atoms with E-state index in [2.05, 4.69) is 16.0 Å². The van der Waals surface area contributed by atoms with Gasteiger partial charge in [0.15, 0.2) is 0 Å². The second-order valence-electron chi connectivity index (χ2n) is 7.50. The van der Waals surface area contributed by atoms with Crippen LogP contribution < -0.4 is 16.0 Å². The predicted molar refractivity (Wildman–Crippen MR) is 100 cm³/mol. The van der Waals surface area contributed by atoms with Crippen LogP contribution in [0.2, 0.25) is 0 Å². The fourth-order valence-electron chi connectivity index (χ4n) is 3.14. The average molecular weight is 429 g/mol. The molecule has 0 saturated heterocycles. The summed E-state index contributed by atoms with van der Waals surface area (Å²) in [4.78, 5) is 70.4. The van der Waals surface area contributed by atoms with Gasteiger partial charge in [0.25, 0.3) is 0 Å². The van der Waals surface area contributed by atoms with Crippen LogP contribution in [0.5, 0.6) is 0 Å². The van der Waals surface area contributed by atoms with E-state index in [-0.39, 0.29) is 19.3 Å². The van der Waals surface area contributed by atoms with E-state index in [1.165, 1.54) is 20.8 Å². The van der Waals surface area contributed by atoms with Crippen LogP contribution in [0.1, 0.15) is 40.0 Å². The van der Waals surface area contributed by atoms with Gasteiger partial charge in [-0.3, -0.25) is 28.8 Å².